The summed E-state index contributed by atoms with van der Waals surface area (Å²) in [5, 5.41) is 10.9. The highest BCUT2D eigenvalue weighted by molar-refractivity contribution is 5.93. The average molecular weight is 288 g/mol. The highest BCUT2D eigenvalue weighted by Crippen LogP contribution is 2.23. The molecule has 2 rings (SSSR count). The van der Waals surface area contributed by atoms with Gasteiger partial charge in [0.05, 0.1) is 12.8 Å². The van der Waals surface area contributed by atoms with Crippen molar-refractivity contribution in [1.29, 1.82) is 0 Å². The summed E-state index contributed by atoms with van der Waals surface area (Å²) in [5.41, 5.74) is 1.79. The number of carbonyl (C=O) groups is 1. The molecule has 1 N–H and O–H groups in total. The predicted octanol–water partition coefficient (Wildman–Crippen LogP) is 2.11. The van der Waals surface area contributed by atoms with Crippen LogP contribution in [-0.2, 0) is 0 Å². The van der Waals surface area contributed by atoms with Gasteiger partial charge in [0, 0.05) is 6.54 Å². The van der Waals surface area contributed by atoms with Crippen LogP contribution in [0.4, 0.5) is 0 Å². The van der Waals surface area contributed by atoms with Crippen LogP contribution in [0.15, 0.2) is 24.3 Å². The lowest BCUT2D eigenvalue weighted by Gasteiger charge is -2.09. The number of carbonyl (C=O) groups excluding carboxylic acids is 1. The summed E-state index contributed by atoms with van der Waals surface area (Å²) >= 11 is 0. The topological polar surface area (TPSA) is 69.0 Å². The van der Waals surface area contributed by atoms with Gasteiger partial charge in [-0.15, -0.1) is 5.10 Å². The summed E-state index contributed by atoms with van der Waals surface area (Å²) in [6.45, 7) is 4.55. The number of nitrogens with zero attached hydrogens (tertiary/aromatic N) is 3. The molecular weight excluding hydrogens is 268 g/mol. The van der Waals surface area contributed by atoms with Crippen LogP contribution < -0.4 is 10.1 Å². The molecule has 0 bridgehead atoms. The normalized spacial score (nSPS) is 10.4. The van der Waals surface area contributed by atoms with Gasteiger partial charge in [-0.3, -0.25) is 4.79 Å². The first-order valence-corrected chi connectivity index (χ1v) is 7.03. The molecule has 0 fully saturated rings. The maximum atomic E-state index is 12.1. The van der Waals surface area contributed by atoms with E-state index >= 15 is 0 Å². The van der Waals surface area contributed by atoms with Gasteiger partial charge in [-0.05, 0) is 25.5 Å². The highest BCUT2D eigenvalue weighted by atomic mass is 16.5. The van der Waals surface area contributed by atoms with Gasteiger partial charge in [0.15, 0.2) is 5.69 Å². The maximum Gasteiger partial charge on any atom is 0.273 e. The minimum atomic E-state index is -0.193. The summed E-state index contributed by atoms with van der Waals surface area (Å²) < 4.78 is 6.93. The molecule has 0 aliphatic carbocycles. The van der Waals surface area contributed by atoms with Crippen LogP contribution in [0.5, 0.6) is 5.75 Å². The minimum absolute atomic E-state index is 0.193. The number of methoxy groups -OCH3 is 1. The number of benzene rings is 1. The second-order valence-electron chi connectivity index (χ2n) is 4.72. The molecule has 6 heteroatoms. The maximum absolute atomic E-state index is 12.1. The Hall–Kier alpha value is -2.37. The third-order valence-corrected chi connectivity index (χ3v) is 3.24. The number of unbranched alkanes of at least 4 members (excludes halogenated alkanes) is 1. The SMILES string of the molecule is CCCCNC(=O)c1nnn(-c2ccccc2OC)c1C. The fourth-order valence-corrected chi connectivity index (χ4v) is 2.03. The Labute approximate surface area is 124 Å². The molecule has 0 unspecified atom stereocenters. The summed E-state index contributed by atoms with van der Waals surface area (Å²) in [6, 6.07) is 7.49. The Morgan fingerprint density at radius 3 is 2.86 bits per heavy atom. The second kappa shape index (κ2) is 6.88. The minimum Gasteiger partial charge on any atom is -0.494 e. The number of hydrogen-bond donors (Lipinski definition) is 1. The van der Waals surface area contributed by atoms with E-state index in [1.165, 1.54) is 0 Å². The third kappa shape index (κ3) is 3.21. The molecule has 0 aliphatic rings. The zero-order chi connectivity index (χ0) is 15.2. The lowest BCUT2D eigenvalue weighted by atomic mass is 10.2. The van der Waals surface area contributed by atoms with Crippen LogP contribution in [0.2, 0.25) is 0 Å². The summed E-state index contributed by atoms with van der Waals surface area (Å²) in [7, 11) is 1.60. The van der Waals surface area contributed by atoms with E-state index in [2.05, 4.69) is 22.6 Å². The molecule has 21 heavy (non-hydrogen) atoms. The van der Waals surface area contributed by atoms with Crippen molar-refractivity contribution in [2.24, 2.45) is 0 Å². The van der Waals surface area contributed by atoms with Crippen molar-refractivity contribution in [2.45, 2.75) is 26.7 Å². The number of aromatic nitrogens is 3. The van der Waals surface area contributed by atoms with Crippen molar-refractivity contribution in [3.63, 3.8) is 0 Å². The van der Waals surface area contributed by atoms with E-state index in [4.69, 9.17) is 4.74 Å². The van der Waals surface area contributed by atoms with Gasteiger partial charge in [-0.1, -0.05) is 30.7 Å². The van der Waals surface area contributed by atoms with E-state index in [0.29, 0.717) is 23.7 Å². The molecule has 1 heterocycles. The molecule has 2 aromatic rings. The molecule has 1 aromatic carbocycles. The van der Waals surface area contributed by atoms with Crippen LogP contribution in [0, 0.1) is 6.92 Å². The molecule has 6 nitrogen and oxygen atoms in total. The first-order valence-electron chi connectivity index (χ1n) is 7.03. The fraction of sp³-hybridized carbons (Fsp3) is 0.400. The van der Waals surface area contributed by atoms with Gasteiger partial charge in [0.25, 0.3) is 5.91 Å². The average Bonchev–Trinajstić information content (AvgIpc) is 2.89. The Balaban J connectivity index is 2.26. The van der Waals surface area contributed by atoms with E-state index < -0.39 is 0 Å². The number of nitrogens with one attached hydrogen (secondary N) is 1. The quantitative estimate of drug-likeness (QED) is 0.827. The first-order chi connectivity index (χ1) is 10.2. The van der Waals surface area contributed by atoms with Crippen LogP contribution in [-0.4, -0.2) is 34.6 Å². The lowest BCUT2D eigenvalue weighted by Crippen LogP contribution is -2.25. The smallest absolute Gasteiger partial charge is 0.273 e. The van der Waals surface area contributed by atoms with Crippen molar-refractivity contribution in [2.75, 3.05) is 13.7 Å². The standard InChI is InChI=1S/C15H20N4O2/c1-4-5-10-16-15(20)14-11(2)19(18-17-14)12-8-6-7-9-13(12)21-3/h6-9H,4-5,10H2,1-3H3,(H,16,20). The Bertz CT molecular complexity index is 622. The van der Waals surface area contributed by atoms with E-state index in [1.54, 1.807) is 11.8 Å². The number of amides is 1. The molecule has 0 saturated carbocycles. The lowest BCUT2D eigenvalue weighted by molar-refractivity contribution is 0.0947. The van der Waals surface area contributed by atoms with Crippen LogP contribution in [0.25, 0.3) is 5.69 Å². The van der Waals surface area contributed by atoms with Crippen molar-refractivity contribution in [1.82, 2.24) is 20.3 Å². The van der Waals surface area contributed by atoms with Crippen molar-refractivity contribution in [3.8, 4) is 11.4 Å². The summed E-state index contributed by atoms with van der Waals surface area (Å²) in [5.74, 6) is 0.491. The van der Waals surface area contributed by atoms with Crippen LogP contribution >= 0.6 is 0 Å². The van der Waals surface area contributed by atoms with Gasteiger partial charge in [0.1, 0.15) is 11.4 Å². The number of hydrogen-bond acceptors (Lipinski definition) is 4. The fourth-order valence-electron chi connectivity index (χ4n) is 2.03. The molecular formula is C15H20N4O2. The Morgan fingerprint density at radius 1 is 1.38 bits per heavy atom. The van der Waals surface area contributed by atoms with Crippen molar-refractivity contribution in [3.05, 3.63) is 35.7 Å². The molecule has 112 valence electrons. The highest BCUT2D eigenvalue weighted by Gasteiger charge is 2.18. The number of rotatable bonds is 6. The Kier molecular flexibility index (Phi) is 4.92. The molecule has 0 atom stereocenters. The van der Waals surface area contributed by atoms with Crippen LogP contribution in [0.3, 0.4) is 0 Å². The second-order valence-corrected chi connectivity index (χ2v) is 4.72. The number of para-hydroxylation sites is 2. The van der Waals surface area contributed by atoms with Crippen LogP contribution in [0.1, 0.15) is 35.9 Å². The molecule has 0 saturated heterocycles. The van der Waals surface area contributed by atoms with Crippen molar-refractivity contribution < 1.29 is 9.53 Å². The molecule has 1 amide bonds. The molecule has 0 aliphatic heterocycles. The van der Waals surface area contributed by atoms with Gasteiger partial charge < -0.3 is 10.1 Å². The predicted molar refractivity (Wildman–Crippen MR) is 79.9 cm³/mol. The first kappa shape index (κ1) is 15.0. The molecule has 0 spiro atoms. The van der Waals surface area contributed by atoms with Gasteiger partial charge in [-0.25, -0.2) is 4.68 Å². The molecule has 0 radical (unpaired) electrons. The zero-order valence-corrected chi connectivity index (χ0v) is 12.6. The summed E-state index contributed by atoms with van der Waals surface area (Å²) in [4.78, 5) is 12.1. The summed E-state index contributed by atoms with van der Waals surface area (Å²) in [6.07, 6.45) is 1.98. The van der Waals surface area contributed by atoms with E-state index in [9.17, 15) is 4.79 Å². The van der Waals surface area contributed by atoms with Gasteiger partial charge in [-0.2, -0.15) is 0 Å². The van der Waals surface area contributed by atoms with Gasteiger partial charge >= 0.3 is 0 Å². The number of ether oxygens (including phenoxy) is 1. The third-order valence-electron chi connectivity index (χ3n) is 3.24. The molecule has 1 aromatic heterocycles. The monoisotopic (exact) mass is 288 g/mol. The van der Waals surface area contributed by atoms with Gasteiger partial charge in [0.2, 0.25) is 0 Å². The Morgan fingerprint density at radius 2 is 2.14 bits per heavy atom. The van der Waals surface area contributed by atoms with E-state index in [-0.39, 0.29) is 5.91 Å². The largest absolute Gasteiger partial charge is 0.494 e. The van der Waals surface area contributed by atoms with E-state index in [0.717, 1.165) is 18.5 Å². The van der Waals surface area contributed by atoms with E-state index in [1.807, 2.05) is 31.2 Å². The zero-order valence-electron chi connectivity index (χ0n) is 12.6. The van der Waals surface area contributed by atoms with Crippen molar-refractivity contribution >= 4 is 5.91 Å².